The van der Waals surface area contributed by atoms with Gasteiger partial charge < -0.3 is 15.8 Å². The van der Waals surface area contributed by atoms with Crippen molar-refractivity contribution in [2.45, 2.75) is 33.2 Å². The molecule has 3 aromatic heterocycles. The molecular formula is C23H30N8O. The SMILES string of the molecule is CCN1CC[C@@H]1CO/C(=C\N)C(=NC)c1ccn2nc(Nc3cc(C)nc(C)n3)cc2c1. The molecule has 0 aromatic carbocycles. The summed E-state index contributed by atoms with van der Waals surface area (Å²) in [5.74, 6) is 2.72. The number of likely N-dealkylation sites (N-methyl/N-ethyl adjacent to an activating group) is 1. The molecule has 3 N–H and O–H groups in total. The summed E-state index contributed by atoms with van der Waals surface area (Å²) < 4.78 is 7.87. The quantitative estimate of drug-likeness (QED) is 0.415. The molecule has 0 unspecified atom stereocenters. The maximum Gasteiger partial charge on any atom is 0.160 e. The van der Waals surface area contributed by atoms with Crippen LogP contribution in [0, 0.1) is 13.8 Å². The summed E-state index contributed by atoms with van der Waals surface area (Å²) in [5, 5.41) is 7.84. The van der Waals surface area contributed by atoms with E-state index in [-0.39, 0.29) is 0 Å². The molecule has 1 fully saturated rings. The van der Waals surface area contributed by atoms with E-state index in [0.717, 1.165) is 42.0 Å². The van der Waals surface area contributed by atoms with Crippen LogP contribution < -0.4 is 11.1 Å². The maximum atomic E-state index is 6.07. The first-order valence-corrected chi connectivity index (χ1v) is 10.9. The largest absolute Gasteiger partial charge is 0.488 e. The number of aliphatic imine (C=N–C) groups is 1. The fraction of sp³-hybridized carbons (Fsp3) is 0.391. The third-order valence-electron chi connectivity index (χ3n) is 5.67. The minimum absolute atomic E-state index is 0.438. The lowest BCUT2D eigenvalue weighted by Crippen LogP contribution is -2.49. The number of fused-ring (bicyclic) bond motifs is 1. The molecule has 4 heterocycles. The molecule has 168 valence electrons. The van der Waals surface area contributed by atoms with E-state index in [4.69, 9.17) is 10.5 Å². The number of hydrogen-bond donors (Lipinski definition) is 2. The molecular weight excluding hydrogens is 404 g/mol. The Balaban J connectivity index is 1.52. The summed E-state index contributed by atoms with van der Waals surface area (Å²) in [4.78, 5) is 15.6. The van der Waals surface area contributed by atoms with Crippen LogP contribution in [0.15, 0.2) is 47.4 Å². The molecule has 9 heteroatoms. The third kappa shape index (κ3) is 4.57. The Morgan fingerprint density at radius 1 is 1.28 bits per heavy atom. The highest BCUT2D eigenvalue weighted by Gasteiger charge is 2.27. The number of anilines is 2. The lowest BCUT2D eigenvalue weighted by atomic mass is 10.0. The second-order valence-corrected chi connectivity index (χ2v) is 7.87. The van der Waals surface area contributed by atoms with Gasteiger partial charge in [-0.1, -0.05) is 6.92 Å². The highest BCUT2D eigenvalue weighted by Crippen LogP contribution is 2.21. The van der Waals surface area contributed by atoms with Crippen molar-refractivity contribution in [1.29, 1.82) is 0 Å². The normalized spacial score (nSPS) is 17.4. The molecule has 3 aromatic rings. The Hall–Kier alpha value is -3.46. The predicted molar refractivity (Wildman–Crippen MR) is 126 cm³/mol. The summed E-state index contributed by atoms with van der Waals surface area (Å²) in [6.45, 7) is 8.75. The van der Waals surface area contributed by atoms with Gasteiger partial charge in [0, 0.05) is 55.4 Å². The smallest absolute Gasteiger partial charge is 0.160 e. The molecule has 1 saturated heterocycles. The molecule has 0 aliphatic carbocycles. The van der Waals surface area contributed by atoms with Crippen molar-refractivity contribution in [2.75, 3.05) is 32.1 Å². The first-order chi connectivity index (χ1) is 15.5. The predicted octanol–water partition coefficient (Wildman–Crippen LogP) is 2.81. The molecule has 0 bridgehead atoms. The summed E-state index contributed by atoms with van der Waals surface area (Å²) >= 11 is 0. The van der Waals surface area contributed by atoms with Crippen molar-refractivity contribution < 1.29 is 4.74 Å². The number of hydrogen-bond acceptors (Lipinski definition) is 8. The van der Waals surface area contributed by atoms with Gasteiger partial charge in [-0.2, -0.15) is 5.10 Å². The minimum Gasteiger partial charge on any atom is -0.488 e. The van der Waals surface area contributed by atoms with E-state index in [0.29, 0.717) is 35.9 Å². The van der Waals surface area contributed by atoms with Gasteiger partial charge in [-0.3, -0.25) is 9.89 Å². The summed E-state index contributed by atoms with van der Waals surface area (Å²) in [6.07, 6.45) is 4.54. The Bertz CT molecular complexity index is 1140. The number of aromatic nitrogens is 4. The number of likely N-dealkylation sites (tertiary alicyclic amines) is 1. The summed E-state index contributed by atoms with van der Waals surface area (Å²) in [7, 11) is 1.75. The standard InChI is InChI=1S/C23H30N8O/c1-5-30-8-7-18(30)14-32-20(13-24)23(25-4)17-6-9-31-19(11-17)12-22(29-31)28-21-10-15(2)26-16(3)27-21/h6,9-13,18H,5,7-8,14,24H2,1-4H3,(H,26,27,28,29)/b20-13-,25-23?/t18-/m1/s1. The Morgan fingerprint density at radius 3 is 2.78 bits per heavy atom. The number of ether oxygens (including phenoxy) is 1. The Kier molecular flexibility index (Phi) is 6.36. The van der Waals surface area contributed by atoms with E-state index < -0.39 is 0 Å². The van der Waals surface area contributed by atoms with Crippen molar-refractivity contribution in [3.8, 4) is 0 Å². The number of nitrogens with zero attached hydrogens (tertiary/aromatic N) is 6. The average Bonchev–Trinajstić information content (AvgIpc) is 3.13. The number of nitrogens with two attached hydrogens (primary N) is 1. The second kappa shape index (κ2) is 9.35. The summed E-state index contributed by atoms with van der Waals surface area (Å²) in [5.41, 5.74) is 9.36. The van der Waals surface area contributed by atoms with Gasteiger partial charge in [0.05, 0.1) is 5.52 Å². The van der Waals surface area contributed by atoms with Crippen molar-refractivity contribution in [1.82, 2.24) is 24.5 Å². The van der Waals surface area contributed by atoms with Crippen LogP contribution in [0.1, 0.15) is 30.4 Å². The minimum atomic E-state index is 0.438. The number of allylic oxidation sites excluding steroid dienone is 1. The second-order valence-electron chi connectivity index (χ2n) is 7.87. The van der Waals surface area contributed by atoms with E-state index in [2.05, 4.69) is 37.2 Å². The molecule has 32 heavy (non-hydrogen) atoms. The van der Waals surface area contributed by atoms with Gasteiger partial charge in [0.25, 0.3) is 0 Å². The van der Waals surface area contributed by atoms with Crippen LogP contribution in [0.25, 0.3) is 5.52 Å². The van der Waals surface area contributed by atoms with Gasteiger partial charge in [0.1, 0.15) is 24.0 Å². The van der Waals surface area contributed by atoms with E-state index in [1.807, 2.05) is 44.3 Å². The van der Waals surface area contributed by atoms with E-state index >= 15 is 0 Å². The van der Waals surface area contributed by atoms with Crippen LogP contribution in [0.4, 0.5) is 11.6 Å². The van der Waals surface area contributed by atoms with E-state index in [9.17, 15) is 0 Å². The lowest BCUT2D eigenvalue weighted by Gasteiger charge is -2.40. The van der Waals surface area contributed by atoms with Gasteiger partial charge in [-0.25, -0.2) is 14.5 Å². The van der Waals surface area contributed by atoms with E-state index in [1.165, 1.54) is 6.20 Å². The van der Waals surface area contributed by atoms with Gasteiger partial charge in [-0.15, -0.1) is 0 Å². The summed E-state index contributed by atoms with van der Waals surface area (Å²) in [6, 6.07) is 8.27. The van der Waals surface area contributed by atoms with Crippen LogP contribution in [-0.2, 0) is 4.74 Å². The molecule has 1 aliphatic heterocycles. The number of nitrogens with one attached hydrogen (secondary N) is 1. The monoisotopic (exact) mass is 434 g/mol. The van der Waals surface area contributed by atoms with Crippen molar-refractivity contribution in [2.24, 2.45) is 10.7 Å². The highest BCUT2D eigenvalue weighted by atomic mass is 16.5. The van der Waals surface area contributed by atoms with Crippen LogP contribution >= 0.6 is 0 Å². The molecule has 1 aliphatic rings. The fourth-order valence-electron chi connectivity index (χ4n) is 3.98. The average molecular weight is 435 g/mol. The van der Waals surface area contributed by atoms with Crippen LogP contribution in [0.5, 0.6) is 0 Å². The van der Waals surface area contributed by atoms with Crippen molar-refractivity contribution in [3.63, 3.8) is 0 Å². The molecule has 1 atom stereocenters. The molecule has 0 amide bonds. The molecule has 0 radical (unpaired) electrons. The molecule has 0 saturated carbocycles. The Morgan fingerprint density at radius 2 is 2.12 bits per heavy atom. The zero-order chi connectivity index (χ0) is 22.7. The van der Waals surface area contributed by atoms with Gasteiger partial charge in [0.2, 0.25) is 0 Å². The maximum absolute atomic E-state index is 6.07. The van der Waals surface area contributed by atoms with Gasteiger partial charge >= 0.3 is 0 Å². The first-order valence-electron chi connectivity index (χ1n) is 10.9. The molecule has 9 nitrogen and oxygen atoms in total. The molecule has 4 rings (SSSR count). The zero-order valence-corrected chi connectivity index (χ0v) is 19.0. The van der Waals surface area contributed by atoms with Crippen LogP contribution in [0.2, 0.25) is 0 Å². The topological polar surface area (TPSA) is 106 Å². The number of aryl methyl sites for hydroxylation is 2. The lowest BCUT2D eigenvalue weighted by molar-refractivity contribution is 0.0367. The number of rotatable bonds is 8. The number of pyridine rings is 1. The van der Waals surface area contributed by atoms with Crippen LogP contribution in [0.3, 0.4) is 0 Å². The van der Waals surface area contributed by atoms with Gasteiger partial charge in [-0.05, 0) is 38.9 Å². The first kappa shape index (κ1) is 21.8. The van der Waals surface area contributed by atoms with Gasteiger partial charge in [0.15, 0.2) is 11.6 Å². The zero-order valence-electron chi connectivity index (χ0n) is 19.0. The highest BCUT2D eigenvalue weighted by molar-refractivity contribution is 6.11. The van der Waals surface area contributed by atoms with Crippen molar-refractivity contribution >= 4 is 22.9 Å². The van der Waals surface area contributed by atoms with E-state index in [1.54, 1.807) is 11.6 Å². The molecule has 0 spiro atoms. The third-order valence-corrected chi connectivity index (χ3v) is 5.67. The van der Waals surface area contributed by atoms with Crippen LogP contribution in [-0.4, -0.2) is 63.0 Å². The Labute approximate surface area is 188 Å². The van der Waals surface area contributed by atoms with Crippen molar-refractivity contribution in [3.05, 3.63) is 59.5 Å². The fourth-order valence-corrected chi connectivity index (χ4v) is 3.98.